The smallest absolute Gasteiger partial charge is 0.188 e. The maximum Gasteiger partial charge on any atom is 0.188 e. The molecular weight excluding hydrogens is 256 g/mol. The molecule has 2 rings (SSSR count). The molecule has 1 atom stereocenters. The highest BCUT2D eigenvalue weighted by molar-refractivity contribution is 7.08. The number of aryl methyl sites for hydroxylation is 1. The fourth-order valence-corrected chi connectivity index (χ4v) is 3.39. The number of likely N-dealkylation sites (N-methyl/N-ethyl adjacent to an activating group) is 1. The summed E-state index contributed by atoms with van der Waals surface area (Å²) in [5, 5.41) is 7.55. The van der Waals surface area contributed by atoms with Crippen LogP contribution in [0.1, 0.15) is 30.9 Å². The van der Waals surface area contributed by atoms with Crippen LogP contribution < -0.4 is 11.1 Å². The van der Waals surface area contributed by atoms with E-state index >= 15 is 0 Å². The van der Waals surface area contributed by atoms with E-state index in [1.807, 2.05) is 0 Å². The Kier molecular flexibility index (Phi) is 5.22. The van der Waals surface area contributed by atoms with Gasteiger partial charge in [-0.3, -0.25) is 4.90 Å². The number of aliphatic imine (C=N–C) groups is 1. The molecule has 1 aromatic heterocycles. The van der Waals surface area contributed by atoms with Gasteiger partial charge in [-0.25, -0.2) is 4.99 Å². The fourth-order valence-electron chi connectivity index (χ4n) is 2.54. The molecule has 2 heterocycles. The summed E-state index contributed by atoms with van der Waals surface area (Å²) in [5.41, 5.74) is 8.50. The fraction of sp³-hybridized carbons (Fsp3) is 0.643. The molecule has 0 aromatic carbocycles. The van der Waals surface area contributed by atoms with Gasteiger partial charge in [0.25, 0.3) is 0 Å². The Bertz CT molecular complexity index is 427. The van der Waals surface area contributed by atoms with E-state index in [4.69, 9.17) is 5.73 Å². The summed E-state index contributed by atoms with van der Waals surface area (Å²) in [4.78, 5) is 6.91. The molecule has 106 valence electrons. The Hall–Kier alpha value is -1.07. The highest BCUT2D eigenvalue weighted by Gasteiger charge is 2.22. The highest BCUT2D eigenvalue weighted by atomic mass is 32.1. The van der Waals surface area contributed by atoms with E-state index in [1.54, 1.807) is 11.3 Å². The lowest BCUT2D eigenvalue weighted by molar-refractivity contribution is 0.267. The molecule has 0 amide bonds. The minimum Gasteiger partial charge on any atom is -0.370 e. The van der Waals surface area contributed by atoms with Crippen molar-refractivity contribution in [1.29, 1.82) is 0 Å². The first-order valence-corrected chi connectivity index (χ1v) is 7.94. The van der Waals surface area contributed by atoms with Crippen molar-refractivity contribution in [3.05, 3.63) is 21.9 Å². The summed E-state index contributed by atoms with van der Waals surface area (Å²) in [5.74, 6) is 0.563. The molecule has 3 N–H and O–H groups in total. The SMILES string of the molecule is CCN1CCCC1CNC(N)=NCc1cscc1C. The van der Waals surface area contributed by atoms with Crippen LogP contribution >= 0.6 is 11.3 Å². The Morgan fingerprint density at radius 3 is 3.11 bits per heavy atom. The van der Waals surface area contributed by atoms with E-state index < -0.39 is 0 Å². The highest BCUT2D eigenvalue weighted by Crippen LogP contribution is 2.16. The molecule has 1 aliphatic heterocycles. The molecule has 1 saturated heterocycles. The van der Waals surface area contributed by atoms with E-state index in [0.717, 1.165) is 13.1 Å². The van der Waals surface area contributed by atoms with Gasteiger partial charge < -0.3 is 11.1 Å². The van der Waals surface area contributed by atoms with Crippen LogP contribution in [0.25, 0.3) is 0 Å². The quantitative estimate of drug-likeness (QED) is 0.640. The van der Waals surface area contributed by atoms with Crippen molar-refractivity contribution < 1.29 is 0 Å². The molecule has 1 unspecified atom stereocenters. The maximum atomic E-state index is 5.93. The lowest BCUT2D eigenvalue weighted by Gasteiger charge is -2.23. The summed E-state index contributed by atoms with van der Waals surface area (Å²) in [6.45, 7) is 8.26. The second-order valence-electron chi connectivity index (χ2n) is 5.09. The van der Waals surface area contributed by atoms with Gasteiger partial charge in [0, 0.05) is 12.6 Å². The van der Waals surface area contributed by atoms with E-state index in [-0.39, 0.29) is 0 Å². The number of hydrogen-bond acceptors (Lipinski definition) is 3. The van der Waals surface area contributed by atoms with Crippen molar-refractivity contribution in [2.45, 2.75) is 39.3 Å². The van der Waals surface area contributed by atoms with Gasteiger partial charge in [-0.15, -0.1) is 0 Å². The molecule has 19 heavy (non-hydrogen) atoms. The number of nitrogens with one attached hydrogen (secondary N) is 1. The van der Waals surface area contributed by atoms with Gasteiger partial charge in [0.2, 0.25) is 0 Å². The Labute approximate surface area is 119 Å². The van der Waals surface area contributed by atoms with Gasteiger partial charge in [-0.1, -0.05) is 6.92 Å². The number of guanidine groups is 1. The zero-order chi connectivity index (χ0) is 13.7. The molecule has 1 fully saturated rings. The third-order valence-electron chi connectivity index (χ3n) is 3.81. The van der Waals surface area contributed by atoms with E-state index in [9.17, 15) is 0 Å². The van der Waals surface area contributed by atoms with Crippen LogP contribution in [-0.4, -0.2) is 36.5 Å². The predicted octanol–water partition coefficient (Wildman–Crippen LogP) is 1.95. The summed E-state index contributed by atoms with van der Waals surface area (Å²) in [7, 11) is 0. The van der Waals surface area contributed by atoms with Crippen LogP contribution in [0.5, 0.6) is 0 Å². The van der Waals surface area contributed by atoms with Crippen molar-refractivity contribution >= 4 is 17.3 Å². The lowest BCUT2D eigenvalue weighted by atomic mass is 10.2. The van der Waals surface area contributed by atoms with Gasteiger partial charge in [-0.05, 0) is 54.7 Å². The summed E-state index contributed by atoms with van der Waals surface area (Å²) in [6.07, 6.45) is 2.56. The van der Waals surface area contributed by atoms with Crippen molar-refractivity contribution in [3.8, 4) is 0 Å². The zero-order valence-electron chi connectivity index (χ0n) is 11.9. The average Bonchev–Trinajstić information content (AvgIpc) is 3.02. The summed E-state index contributed by atoms with van der Waals surface area (Å²) in [6, 6.07) is 0.613. The van der Waals surface area contributed by atoms with Crippen molar-refractivity contribution in [2.24, 2.45) is 10.7 Å². The number of likely N-dealkylation sites (tertiary alicyclic amines) is 1. The molecule has 1 aromatic rings. The first-order valence-electron chi connectivity index (χ1n) is 7.00. The van der Waals surface area contributed by atoms with Crippen LogP contribution in [0, 0.1) is 6.92 Å². The Morgan fingerprint density at radius 1 is 1.58 bits per heavy atom. The third kappa shape index (κ3) is 3.94. The second-order valence-corrected chi connectivity index (χ2v) is 5.83. The van der Waals surface area contributed by atoms with Crippen LogP contribution in [0.2, 0.25) is 0 Å². The zero-order valence-corrected chi connectivity index (χ0v) is 12.7. The number of nitrogens with zero attached hydrogens (tertiary/aromatic N) is 2. The van der Waals surface area contributed by atoms with Crippen LogP contribution in [0.15, 0.2) is 15.8 Å². The molecule has 1 aliphatic rings. The predicted molar refractivity (Wildman–Crippen MR) is 82.7 cm³/mol. The standard InChI is InChI=1S/C14H24N4S/c1-3-18-6-4-5-13(18)8-17-14(15)16-7-12-10-19-9-11(12)2/h9-10,13H,3-8H2,1-2H3,(H3,15,16,17). The Balaban J connectivity index is 1.77. The topological polar surface area (TPSA) is 53.6 Å². The molecule has 0 aliphatic carbocycles. The average molecular weight is 280 g/mol. The summed E-state index contributed by atoms with van der Waals surface area (Å²) < 4.78 is 0. The van der Waals surface area contributed by atoms with Crippen molar-refractivity contribution in [2.75, 3.05) is 19.6 Å². The molecular formula is C14H24N4S. The Morgan fingerprint density at radius 2 is 2.42 bits per heavy atom. The third-order valence-corrected chi connectivity index (χ3v) is 4.72. The number of hydrogen-bond donors (Lipinski definition) is 2. The van der Waals surface area contributed by atoms with Gasteiger partial charge in [0.05, 0.1) is 6.54 Å². The maximum absolute atomic E-state index is 5.93. The first-order chi connectivity index (χ1) is 9.20. The first kappa shape index (κ1) is 14.3. The molecule has 5 heteroatoms. The van der Waals surface area contributed by atoms with Gasteiger partial charge in [0.15, 0.2) is 5.96 Å². The number of thiophene rings is 1. The molecule has 0 bridgehead atoms. The van der Waals surface area contributed by atoms with Crippen molar-refractivity contribution in [3.63, 3.8) is 0 Å². The van der Waals surface area contributed by atoms with Crippen molar-refractivity contribution in [1.82, 2.24) is 10.2 Å². The van der Waals surface area contributed by atoms with Gasteiger partial charge in [-0.2, -0.15) is 11.3 Å². The molecule has 0 saturated carbocycles. The van der Waals surface area contributed by atoms with Crippen LogP contribution in [0.4, 0.5) is 0 Å². The minimum absolute atomic E-state index is 0.563. The number of nitrogens with two attached hydrogens (primary N) is 1. The van der Waals surface area contributed by atoms with E-state index in [1.165, 1.54) is 30.5 Å². The normalized spacial score (nSPS) is 20.9. The van der Waals surface area contributed by atoms with E-state index in [0.29, 0.717) is 18.5 Å². The van der Waals surface area contributed by atoms with E-state index in [2.05, 4.69) is 39.8 Å². The number of rotatable bonds is 5. The monoisotopic (exact) mass is 280 g/mol. The van der Waals surface area contributed by atoms with Gasteiger partial charge in [0.1, 0.15) is 0 Å². The molecule has 0 spiro atoms. The van der Waals surface area contributed by atoms with Gasteiger partial charge >= 0.3 is 0 Å². The largest absolute Gasteiger partial charge is 0.370 e. The lowest BCUT2D eigenvalue weighted by Crippen LogP contribution is -2.42. The van der Waals surface area contributed by atoms with Crippen LogP contribution in [-0.2, 0) is 6.54 Å². The minimum atomic E-state index is 0.563. The molecule has 4 nitrogen and oxygen atoms in total. The van der Waals surface area contributed by atoms with Crippen LogP contribution in [0.3, 0.4) is 0 Å². The second kappa shape index (κ2) is 6.91. The summed E-state index contributed by atoms with van der Waals surface area (Å²) >= 11 is 1.72. The molecule has 0 radical (unpaired) electrons.